The number of hydrogen-bond donors (Lipinski definition) is 1. The molecule has 0 saturated carbocycles. The minimum atomic E-state index is 0. The Morgan fingerprint density at radius 2 is 0.708 bits per heavy atom. The maximum atomic E-state index is 9.27. The van der Waals surface area contributed by atoms with E-state index in [1.807, 2.05) is 115 Å². The number of phenolic OH excluding ortho intramolecular Hbond substituents is 1. The van der Waals surface area contributed by atoms with E-state index in [0.29, 0.717) is 5.75 Å². The molecule has 0 unspecified atom stereocenters. The zero-order chi connectivity index (χ0) is 32.8. The fraction of sp³-hybridized carbons (Fsp3) is 0.0769. The van der Waals surface area contributed by atoms with E-state index in [2.05, 4.69) is 36.4 Å². The maximum absolute atomic E-state index is 9.27. The average Bonchev–Trinajstić information content (AvgIpc) is 3.11. The molecular weight excluding hydrogens is 697 g/mol. The molecule has 0 atom stereocenters. The molecule has 48 heavy (non-hydrogen) atoms. The first-order valence-electron chi connectivity index (χ1n) is 14.2. The summed E-state index contributed by atoms with van der Waals surface area (Å²) in [6, 6.07) is 53.8. The maximum Gasteiger partial charge on any atom is 1.00 e. The molecule has 6 aromatic carbocycles. The molecule has 0 bridgehead atoms. The van der Waals surface area contributed by atoms with Gasteiger partial charge in [0.2, 0.25) is 6.79 Å². The van der Waals surface area contributed by atoms with E-state index in [-0.39, 0.29) is 53.9 Å². The Kier molecular flexibility index (Phi) is 23.0. The molecule has 6 rings (SSSR count). The minimum Gasteiger partial charge on any atom is -0.870 e. The molecule has 0 heterocycles. The second-order valence-electron chi connectivity index (χ2n) is 9.31. The molecule has 0 spiro atoms. The van der Waals surface area contributed by atoms with Gasteiger partial charge in [0.25, 0.3) is 0 Å². The predicted molar refractivity (Wildman–Crippen MR) is 201 cm³/mol. The number of aromatic hydroxyl groups is 1. The molecule has 0 saturated heterocycles. The Hall–Kier alpha value is -3.16. The van der Waals surface area contributed by atoms with Crippen molar-refractivity contribution in [3.05, 3.63) is 164 Å². The van der Waals surface area contributed by atoms with Gasteiger partial charge in [-0.25, -0.2) is 0 Å². The van der Waals surface area contributed by atoms with Crippen LogP contribution in [0.25, 0.3) is 33.4 Å². The normalized spacial score (nSPS) is 9.25. The van der Waals surface area contributed by atoms with Crippen LogP contribution in [-0.4, -0.2) is 28.1 Å². The smallest absolute Gasteiger partial charge is 0.870 e. The molecular formula is C39H37Cl4NaO4. The number of benzene rings is 6. The van der Waals surface area contributed by atoms with Crippen LogP contribution in [0.15, 0.2) is 164 Å². The number of ether oxygens (including phenoxy) is 2. The molecule has 2 N–H and O–H groups in total. The number of rotatable bonds is 7. The van der Waals surface area contributed by atoms with Crippen molar-refractivity contribution in [1.82, 2.24) is 0 Å². The van der Waals surface area contributed by atoms with Gasteiger partial charge in [-0.1, -0.05) is 127 Å². The van der Waals surface area contributed by atoms with Gasteiger partial charge >= 0.3 is 29.6 Å². The van der Waals surface area contributed by atoms with Gasteiger partial charge in [-0.2, -0.15) is 0 Å². The fourth-order valence-corrected chi connectivity index (χ4v) is 4.27. The van der Waals surface area contributed by atoms with Crippen LogP contribution in [-0.2, 0) is 0 Å². The van der Waals surface area contributed by atoms with Crippen LogP contribution in [0.3, 0.4) is 0 Å². The van der Waals surface area contributed by atoms with Gasteiger partial charge in [0, 0.05) is 1.43 Å². The Morgan fingerprint density at radius 3 is 1.04 bits per heavy atom. The molecule has 9 heteroatoms. The largest absolute Gasteiger partial charge is 1.00 e. The third-order valence-corrected chi connectivity index (χ3v) is 6.29. The standard InChI is InChI=1S/C25H20O2.C12H10O.2CH2Cl2.Na.H2O.H2/c1-3-9-20(10-4-1)22-13-7-15-24(17-22)26-19-27-25-16-8-14-23(18-25)21-11-5-2-6-12-21;13-12-8-4-7-11(9-12)10-5-2-1-3-6-10;2*2-1-3;;;/h1-18H,19H2;1-9,13H;2*1H2;;1H2;1H/q;;;;+1;;/p-1/i;;;;;;1+1. The molecule has 6 aromatic rings. The fourth-order valence-electron chi connectivity index (χ4n) is 4.27. The molecule has 0 aliphatic carbocycles. The first kappa shape index (κ1) is 42.9. The van der Waals surface area contributed by atoms with Crippen molar-refractivity contribution >= 4 is 46.4 Å². The summed E-state index contributed by atoms with van der Waals surface area (Å²) in [5.41, 5.74) is 6.75. The summed E-state index contributed by atoms with van der Waals surface area (Å²) in [5.74, 6) is 1.88. The van der Waals surface area contributed by atoms with E-state index in [4.69, 9.17) is 55.9 Å². The molecule has 0 aliphatic rings. The van der Waals surface area contributed by atoms with E-state index in [9.17, 15) is 5.11 Å². The zero-order valence-corrected chi connectivity index (χ0v) is 31.5. The average molecular weight is 736 g/mol. The molecule has 4 nitrogen and oxygen atoms in total. The van der Waals surface area contributed by atoms with Crippen molar-refractivity contribution in [3.63, 3.8) is 0 Å². The summed E-state index contributed by atoms with van der Waals surface area (Å²) in [6.45, 7) is 0.163. The molecule has 0 aromatic heterocycles. The number of alkyl halides is 4. The molecule has 0 amide bonds. The van der Waals surface area contributed by atoms with Crippen molar-refractivity contribution < 1.29 is 51.0 Å². The summed E-state index contributed by atoms with van der Waals surface area (Å²) in [5, 5.41) is 9.66. The summed E-state index contributed by atoms with van der Waals surface area (Å²) in [6.07, 6.45) is 0. The number of hydrogen-bond acceptors (Lipinski definition) is 4. The summed E-state index contributed by atoms with van der Waals surface area (Å²) < 4.78 is 11.6. The molecule has 0 fully saturated rings. The Bertz CT molecular complexity index is 1600. The van der Waals surface area contributed by atoms with Crippen LogP contribution in [0.1, 0.15) is 1.43 Å². The van der Waals surface area contributed by atoms with E-state index < -0.39 is 0 Å². The number of phenols is 1. The Balaban J connectivity index is 0.000000883. The molecule has 0 aliphatic heterocycles. The first-order chi connectivity index (χ1) is 22.6. The van der Waals surface area contributed by atoms with Crippen molar-refractivity contribution in [1.29, 1.82) is 0 Å². The predicted octanol–water partition coefficient (Wildman–Crippen LogP) is 9.41. The second-order valence-corrected chi connectivity index (χ2v) is 10.9. The summed E-state index contributed by atoms with van der Waals surface area (Å²) in [7, 11) is 0. The molecule has 0 radical (unpaired) electrons. The van der Waals surface area contributed by atoms with E-state index in [1.54, 1.807) is 12.1 Å². The van der Waals surface area contributed by atoms with Gasteiger partial charge < -0.3 is 20.1 Å². The van der Waals surface area contributed by atoms with Crippen LogP contribution in [0, 0.1) is 0 Å². The SMILES string of the molecule is ClCCl.ClCCl.Oc1cccc(-c2ccccc2)c1.[2HH].[Na+].[OH-].c1ccc(-c2cccc(OCOc3cccc(-c4ccccc4)c3)c2)cc1. The van der Waals surface area contributed by atoms with Crippen LogP contribution < -0.4 is 39.0 Å². The Morgan fingerprint density at radius 1 is 0.417 bits per heavy atom. The van der Waals surface area contributed by atoms with Gasteiger partial charge in [-0.05, 0) is 69.8 Å². The van der Waals surface area contributed by atoms with Gasteiger partial charge in [0.1, 0.15) is 17.2 Å². The summed E-state index contributed by atoms with van der Waals surface area (Å²) in [4.78, 5) is 0. The van der Waals surface area contributed by atoms with Crippen molar-refractivity contribution in [2.45, 2.75) is 0 Å². The first-order valence-corrected chi connectivity index (χ1v) is 16.4. The van der Waals surface area contributed by atoms with Gasteiger partial charge in [-0.15, -0.1) is 46.4 Å². The second kappa shape index (κ2) is 25.8. The van der Waals surface area contributed by atoms with Crippen molar-refractivity contribution in [3.8, 4) is 50.6 Å². The number of halogens is 4. The monoisotopic (exact) mass is 733 g/mol. The van der Waals surface area contributed by atoms with Gasteiger partial charge in [-0.3, -0.25) is 0 Å². The minimum absolute atomic E-state index is 0. The van der Waals surface area contributed by atoms with Crippen LogP contribution in [0.4, 0.5) is 0 Å². The van der Waals surface area contributed by atoms with E-state index in [0.717, 1.165) is 33.8 Å². The zero-order valence-electron chi connectivity index (χ0n) is 26.4. The van der Waals surface area contributed by atoms with E-state index in [1.165, 1.54) is 11.1 Å². The van der Waals surface area contributed by atoms with Gasteiger partial charge in [0.15, 0.2) is 0 Å². The van der Waals surface area contributed by atoms with Crippen LogP contribution in [0.2, 0.25) is 0 Å². The van der Waals surface area contributed by atoms with E-state index >= 15 is 0 Å². The van der Waals surface area contributed by atoms with Crippen LogP contribution >= 0.6 is 46.4 Å². The third kappa shape index (κ3) is 15.8. The van der Waals surface area contributed by atoms with Gasteiger partial charge in [0.05, 0.1) is 10.7 Å². The third-order valence-electron chi connectivity index (χ3n) is 6.29. The molecule has 246 valence electrons. The quantitative estimate of drug-likeness (QED) is 0.101. The topological polar surface area (TPSA) is 68.7 Å². The Labute approximate surface area is 326 Å². The van der Waals surface area contributed by atoms with Crippen molar-refractivity contribution in [2.24, 2.45) is 0 Å². The summed E-state index contributed by atoms with van der Waals surface area (Å²) >= 11 is 19.1. The van der Waals surface area contributed by atoms with Crippen LogP contribution in [0.5, 0.6) is 17.2 Å². The van der Waals surface area contributed by atoms with Crippen molar-refractivity contribution in [2.75, 3.05) is 17.5 Å².